The lowest BCUT2D eigenvalue weighted by Gasteiger charge is -2.15. The SMILES string of the molecule is Cn1nccc1-c1ccc2ccc(Cl)cc2c1OS(=O)(=O)C(F)(F)F. The standard InChI is InChI=1S/C15H10ClF3N2O3S/c1-21-13(6-7-20-21)11-5-3-9-2-4-10(16)8-12(9)14(11)24-25(22,23)15(17,18)19/h2-8H,1H3. The number of fused-ring (bicyclic) bond motifs is 1. The minimum atomic E-state index is -5.85. The molecule has 5 nitrogen and oxygen atoms in total. The molecule has 132 valence electrons. The Balaban J connectivity index is 2.32. The van der Waals surface area contributed by atoms with Gasteiger partial charge in [0.05, 0.1) is 5.69 Å². The fourth-order valence-corrected chi connectivity index (χ4v) is 3.02. The van der Waals surface area contributed by atoms with Crippen LogP contribution in [0.4, 0.5) is 13.2 Å². The highest BCUT2D eigenvalue weighted by atomic mass is 35.5. The molecule has 0 unspecified atom stereocenters. The Morgan fingerprint density at radius 2 is 1.84 bits per heavy atom. The van der Waals surface area contributed by atoms with Gasteiger partial charge in [-0.25, -0.2) is 0 Å². The zero-order valence-electron chi connectivity index (χ0n) is 12.6. The largest absolute Gasteiger partial charge is 0.534 e. The molecule has 0 fully saturated rings. The highest BCUT2D eigenvalue weighted by Crippen LogP contribution is 2.40. The normalized spacial score (nSPS) is 12.5. The first-order valence-electron chi connectivity index (χ1n) is 6.81. The van der Waals surface area contributed by atoms with E-state index in [2.05, 4.69) is 9.28 Å². The van der Waals surface area contributed by atoms with Gasteiger partial charge in [-0.05, 0) is 29.7 Å². The first-order chi connectivity index (χ1) is 11.6. The van der Waals surface area contributed by atoms with Gasteiger partial charge in [0.25, 0.3) is 0 Å². The molecule has 0 atom stereocenters. The van der Waals surface area contributed by atoms with Gasteiger partial charge in [-0.2, -0.15) is 26.7 Å². The molecule has 0 radical (unpaired) electrons. The summed E-state index contributed by atoms with van der Waals surface area (Å²) in [5.74, 6) is -0.457. The third kappa shape index (κ3) is 3.16. The first-order valence-corrected chi connectivity index (χ1v) is 8.60. The summed E-state index contributed by atoms with van der Waals surface area (Å²) in [4.78, 5) is 0. The molecule has 3 aromatic rings. The predicted octanol–water partition coefficient (Wildman–Crippen LogP) is 4.12. The summed E-state index contributed by atoms with van der Waals surface area (Å²) in [6, 6.07) is 9.06. The topological polar surface area (TPSA) is 61.2 Å². The first kappa shape index (κ1) is 17.6. The maximum atomic E-state index is 12.8. The van der Waals surface area contributed by atoms with E-state index in [-0.39, 0.29) is 16.0 Å². The number of nitrogens with zero attached hydrogens (tertiary/aromatic N) is 2. The lowest BCUT2D eigenvalue weighted by Crippen LogP contribution is -2.28. The van der Waals surface area contributed by atoms with E-state index in [9.17, 15) is 21.6 Å². The van der Waals surface area contributed by atoms with Crippen molar-refractivity contribution in [2.75, 3.05) is 0 Å². The summed E-state index contributed by atoms with van der Waals surface area (Å²) < 4.78 is 67.4. The fraction of sp³-hybridized carbons (Fsp3) is 0.133. The molecule has 0 saturated heterocycles. The summed E-state index contributed by atoms with van der Waals surface area (Å²) in [5.41, 5.74) is -5.03. The van der Waals surface area contributed by atoms with Crippen LogP contribution in [0.3, 0.4) is 0 Å². The van der Waals surface area contributed by atoms with Gasteiger partial charge in [0, 0.05) is 29.2 Å². The molecule has 0 aliphatic heterocycles. The van der Waals surface area contributed by atoms with E-state index in [0.717, 1.165) is 0 Å². The Kier molecular flexibility index (Phi) is 4.16. The fourth-order valence-electron chi connectivity index (χ4n) is 2.35. The molecule has 25 heavy (non-hydrogen) atoms. The van der Waals surface area contributed by atoms with Crippen molar-refractivity contribution in [1.29, 1.82) is 0 Å². The van der Waals surface area contributed by atoms with Crippen molar-refractivity contribution in [2.45, 2.75) is 5.51 Å². The Hall–Kier alpha value is -2.26. The van der Waals surface area contributed by atoms with Crippen LogP contribution in [0.25, 0.3) is 22.0 Å². The van der Waals surface area contributed by atoms with Crippen LogP contribution in [0.1, 0.15) is 0 Å². The molecule has 0 bridgehead atoms. The van der Waals surface area contributed by atoms with E-state index in [4.69, 9.17) is 11.6 Å². The van der Waals surface area contributed by atoms with Crippen molar-refractivity contribution in [3.63, 3.8) is 0 Å². The van der Waals surface area contributed by atoms with Crippen LogP contribution in [0.2, 0.25) is 5.02 Å². The number of alkyl halides is 3. The molecular formula is C15H10ClF3N2O3S. The van der Waals surface area contributed by atoms with Gasteiger partial charge >= 0.3 is 15.6 Å². The van der Waals surface area contributed by atoms with E-state index in [0.29, 0.717) is 11.1 Å². The Labute approximate surface area is 145 Å². The predicted molar refractivity (Wildman–Crippen MR) is 86.8 cm³/mol. The van der Waals surface area contributed by atoms with Gasteiger partial charge < -0.3 is 4.18 Å². The van der Waals surface area contributed by atoms with Crippen LogP contribution in [-0.4, -0.2) is 23.7 Å². The lowest BCUT2D eigenvalue weighted by atomic mass is 10.0. The highest BCUT2D eigenvalue weighted by Gasteiger charge is 2.49. The second-order valence-corrected chi connectivity index (χ2v) is 7.11. The second kappa shape index (κ2) is 5.92. The van der Waals surface area contributed by atoms with Gasteiger partial charge in [0.1, 0.15) is 0 Å². The summed E-state index contributed by atoms with van der Waals surface area (Å²) >= 11 is 5.92. The molecular weight excluding hydrogens is 381 g/mol. The maximum absolute atomic E-state index is 12.8. The van der Waals surface area contributed by atoms with Crippen molar-refractivity contribution in [2.24, 2.45) is 7.05 Å². The summed E-state index contributed by atoms with van der Waals surface area (Å²) in [6.45, 7) is 0. The number of hydrogen-bond donors (Lipinski definition) is 0. The van der Waals surface area contributed by atoms with Crippen molar-refractivity contribution in [3.8, 4) is 17.0 Å². The van der Waals surface area contributed by atoms with Gasteiger partial charge in [-0.3, -0.25) is 4.68 Å². The Bertz CT molecular complexity index is 1060. The molecule has 0 aliphatic rings. The summed E-state index contributed by atoms with van der Waals surface area (Å²) in [7, 11) is -4.29. The van der Waals surface area contributed by atoms with E-state index >= 15 is 0 Å². The zero-order valence-corrected chi connectivity index (χ0v) is 14.2. The van der Waals surface area contributed by atoms with Crippen molar-refractivity contribution in [1.82, 2.24) is 9.78 Å². The van der Waals surface area contributed by atoms with Gasteiger partial charge in [-0.1, -0.05) is 23.7 Å². The van der Waals surface area contributed by atoms with Crippen molar-refractivity contribution in [3.05, 3.63) is 47.6 Å². The minimum Gasteiger partial charge on any atom is -0.375 e. The quantitative estimate of drug-likeness (QED) is 0.498. The smallest absolute Gasteiger partial charge is 0.375 e. The zero-order chi connectivity index (χ0) is 18.4. The van der Waals surface area contributed by atoms with Gasteiger partial charge in [-0.15, -0.1) is 0 Å². The molecule has 10 heteroatoms. The van der Waals surface area contributed by atoms with Crippen LogP contribution in [0.15, 0.2) is 42.6 Å². The van der Waals surface area contributed by atoms with Gasteiger partial charge in [0.15, 0.2) is 5.75 Å². The Morgan fingerprint density at radius 1 is 1.16 bits per heavy atom. The maximum Gasteiger partial charge on any atom is 0.534 e. The molecule has 2 aromatic carbocycles. The summed E-state index contributed by atoms with van der Waals surface area (Å²) in [6.07, 6.45) is 1.43. The van der Waals surface area contributed by atoms with E-state index in [1.165, 1.54) is 35.1 Å². The van der Waals surface area contributed by atoms with E-state index in [1.54, 1.807) is 19.2 Å². The molecule has 0 amide bonds. The van der Waals surface area contributed by atoms with Crippen LogP contribution in [0, 0.1) is 0 Å². The average Bonchev–Trinajstić information content (AvgIpc) is 2.92. The van der Waals surface area contributed by atoms with Crippen LogP contribution in [0.5, 0.6) is 5.75 Å². The van der Waals surface area contributed by atoms with E-state index < -0.39 is 21.4 Å². The monoisotopic (exact) mass is 390 g/mol. The number of aryl methyl sites for hydroxylation is 1. The van der Waals surface area contributed by atoms with E-state index in [1.807, 2.05) is 0 Å². The van der Waals surface area contributed by atoms with Crippen LogP contribution >= 0.6 is 11.6 Å². The number of rotatable bonds is 3. The third-order valence-electron chi connectivity index (χ3n) is 3.51. The summed E-state index contributed by atoms with van der Waals surface area (Å²) in [5, 5.41) is 4.78. The lowest BCUT2D eigenvalue weighted by molar-refractivity contribution is -0.0499. The number of halogens is 4. The third-order valence-corrected chi connectivity index (χ3v) is 4.70. The van der Waals surface area contributed by atoms with Gasteiger partial charge in [0.2, 0.25) is 0 Å². The molecule has 0 saturated carbocycles. The van der Waals surface area contributed by atoms with Crippen molar-refractivity contribution >= 4 is 32.5 Å². The molecule has 1 aromatic heterocycles. The second-order valence-electron chi connectivity index (χ2n) is 5.13. The molecule has 3 rings (SSSR count). The molecule has 1 heterocycles. The number of hydrogen-bond acceptors (Lipinski definition) is 4. The molecule has 0 aliphatic carbocycles. The number of aromatic nitrogens is 2. The van der Waals surface area contributed by atoms with Crippen LogP contribution in [-0.2, 0) is 17.2 Å². The Morgan fingerprint density at radius 3 is 2.44 bits per heavy atom. The minimum absolute atomic E-state index is 0.138. The van der Waals surface area contributed by atoms with Crippen LogP contribution < -0.4 is 4.18 Å². The molecule has 0 spiro atoms. The number of benzene rings is 2. The van der Waals surface area contributed by atoms with Crippen molar-refractivity contribution < 1.29 is 25.8 Å². The highest BCUT2D eigenvalue weighted by molar-refractivity contribution is 7.88. The average molecular weight is 391 g/mol. The molecule has 0 N–H and O–H groups in total.